The lowest BCUT2D eigenvalue weighted by molar-refractivity contribution is -0.0704. The number of aromatic nitrogens is 1. The lowest BCUT2D eigenvalue weighted by atomic mass is 9.87. The maximum Gasteiger partial charge on any atom is 0.156 e. The van der Waals surface area contributed by atoms with Gasteiger partial charge >= 0.3 is 0 Å². The van der Waals surface area contributed by atoms with Gasteiger partial charge in [-0.25, -0.2) is 0 Å². The summed E-state index contributed by atoms with van der Waals surface area (Å²) in [5, 5.41) is 4.36. The first-order chi connectivity index (χ1) is 12.3. The molecule has 0 bridgehead atoms. The number of rotatable bonds is 4. The predicted octanol–water partition coefficient (Wildman–Crippen LogP) is 3.25. The van der Waals surface area contributed by atoms with E-state index in [-0.39, 0.29) is 5.60 Å². The highest BCUT2D eigenvalue weighted by Crippen LogP contribution is 2.35. The summed E-state index contributed by atoms with van der Waals surface area (Å²) in [4.78, 5) is 12.8. The topological polar surface area (TPSA) is 47.0 Å². The monoisotopic (exact) mass is 337 g/mol. The number of ether oxygens (including phenoxy) is 1. The van der Waals surface area contributed by atoms with Gasteiger partial charge in [0, 0.05) is 25.7 Å². The Morgan fingerprint density at radius 2 is 2.08 bits per heavy atom. The standard InChI is InChI=1S/C20H23N3O2/c1-24-17-8-6-16(7-9-17)14-23-12-4-10-20(15-23)13-19(22-25-20)18-5-2-3-11-21-18/h2-3,5-9,11H,4,10,12-15H2,1H3. The van der Waals surface area contributed by atoms with Crippen molar-refractivity contribution in [2.75, 3.05) is 20.2 Å². The van der Waals surface area contributed by atoms with E-state index >= 15 is 0 Å². The molecule has 1 unspecified atom stereocenters. The minimum Gasteiger partial charge on any atom is -0.497 e. The molecule has 130 valence electrons. The van der Waals surface area contributed by atoms with Crippen molar-refractivity contribution in [1.29, 1.82) is 0 Å². The molecule has 2 aromatic rings. The van der Waals surface area contributed by atoms with Gasteiger partial charge in [-0.05, 0) is 49.2 Å². The van der Waals surface area contributed by atoms with Crippen molar-refractivity contribution < 1.29 is 9.57 Å². The second-order valence-corrected chi connectivity index (χ2v) is 6.87. The molecule has 2 aliphatic rings. The van der Waals surface area contributed by atoms with E-state index in [0.29, 0.717) is 0 Å². The van der Waals surface area contributed by atoms with Crippen molar-refractivity contribution in [3.8, 4) is 5.75 Å². The Kier molecular flexibility index (Phi) is 4.40. The van der Waals surface area contributed by atoms with Gasteiger partial charge < -0.3 is 9.57 Å². The fourth-order valence-corrected chi connectivity index (χ4v) is 3.73. The molecule has 1 saturated heterocycles. The predicted molar refractivity (Wildman–Crippen MR) is 96.7 cm³/mol. The van der Waals surface area contributed by atoms with E-state index in [2.05, 4.69) is 27.2 Å². The zero-order valence-electron chi connectivity index (χ0n) is 14.5. The van der Waals surface area contributed by atoms with Crippen molar-refractivity contribution >= 4 is 5.71 Å². The lowest BCUT2D eigenvalue weighted by Crippen LogP contribution is -2.47. The van der Waals surface area contributed by atoms with Gasteiger partial charge in [0.15, 0.2) is 5.60 Å². The molecule has 1 fully saturated rings. The summed E-state index contributed by atoms with van der Waals surface area (Å²) >= 11 is 0. The lowest BCUT2D eigenvalue weighted by Gasteiger charge is -2.38. The number of nitrogens with zero attached hydrogens (tertiary/aromatic N) is 3. The Labute approximate surface area is 148 Å². The van der Waals surface area contributed by atoms with Crippen molar-refractivity contribution in [1.82, 2.24) is 9.88 Å². The highest BCUT2D eigenvalue weighted by Gasteiger charge is 2.43. The van der Waals surface area contributed by atoms with Crippen molar-refractivity contribution in [3.05, 3.63) is 59.9 Å². The third-order valence-electron chi connectivity index (χ3n) is 4.98. The van der Waals surface area contributed by atoms with Gasteiger partial charge in [-0.15, -0.1) is 0 Å². The second-order valence-electron chi connectivity index (χ2n) is 6.87. The highest BCUT2D eigenvalue weighted by atomic mass is 16.7. The molecule has 1 spiro atoms. The van der Waals surface area contributed by atoms with Gasteiger partial charge in [0.1, 0.15) is 11.5 Å². The van der Waals surface area contributed by atoms with Gasteiger partial charge in [0.2, 0.25) is 0 Å². The molecule has 5 nitrogen and oxygen atoms in total. The minimum atomic E-state index is -0.197. The van der Waals surface area contributed by atoms with Crippen LogP contribution in [-0.2, 0) is 11.4 Å². The highest BCUT2D eigenvalue weighted by molar-refractivity contribution is 6.00. The van der Waals surface area contributed by atoms with E-state index in [0.717, 1.165) is 56.1 Å². The zero-order valence-corrected chi connectivity index (χ0v) is 14.5. The molecule has 0 aliphatic carbocycles. The first kappa shape index (κ1) is 16.1. The summed E-state index contributed by atoms with van der Waals surface area (Å²) in [5.41, 5.74) is 2.98. The van der Waals surface area contributed by atoms with Crippen LogP contribution >= 0.6 is 0 Å². The summed E-state index contributed by atoms with van der Waals surface area (Å²) in [6, 6.07) is 14.2. The molecular weight excluding hydrogens is 314 g/mol. The molecule has 0 radical (unpaired) electrons. The summed E-state index contributed by atoms with van der Waals surface area (Å²) in [6.07, 6.45) is 4.82. The van der Waals surface area contributed by atoms with Gasteiger partial charge in [-0.1, -0.05) is 23.4 Å². The molecular formula is C20H23N3O2. The smallest absolute Gasteiger partial charge is 0.156 e. The fourth-order valence-electron chi connectivity index (χ4n) is 3.73. The molecule has 0 N–H and O–H groups in total. The maximum absolute atomic E-state index is 5.94. The van der Waals surface area contributed by atoms with Crippen LogP contribution in [-0.4, -0.2) is 41.4 Å². The van der Waals surface area contributed by atoms with Crippen molar-refractivity contribution in [2.24, 2.45) is 5.16 Å². The largest absolute Gasteiger partial charge is 0.497 e. The first-order valence-electron chi connectivity index (χ1n) is 8.78. The molecule has 0 saturated carbocycles. The van der Waals surface area contributed by atoms with Crippen LogP contribution in [0.3, 0.4) is 0 Å². The third kappa shape index (κ3) is 3.51. The molecule has 3 heterocycles. The number of hydrogen-bond acceptors (Lipinski definition) is 5. The Balaban J connectivity index is 1.41. The van der Waals surface area contributed by atoms with Crippen molar-refractivity contribution in [2.45, 2.75) is 31.4 Å². The number of likely N-dealkylation sites (tertiary alicyclic amines) is 1. The van der Waals surface area contributed by atoms with E-state index in [4.69, 9.17) is 9.57 Å². The van der Waals surface area contributed by atoms with Crippen LogP contribution in [0, 0.1) is 0 Å². The number of methoxy groups -OCH3 is 1. The van der Waals surface area contributed by atoms with Crippen molar-refractivity contribution in [3.63, 3.8) is 0 Å². The normalized spacial score (nSPS) is 23.3. The summed E-state index contributed by atoms with van der Waals surface area (Å²) < 4.78 is 5.23. The minimum absolute atomic E-state index is 0.197. The Morgan fingerprint density at radius 1 is 1.20 bits per heavy atom. The number of hydrogen-bond donors (Lipinski definition) is 0. The Hall–Kier alpha value is -2.40. The van der Waals surface area contributed by atoms with Gasteiger partial charge in [0.25, 0.3) is 0 Å². The third-order valence-corrected chi connectivity index (χ3v) is 4.98. The zero-order chi connectivity index (χ0) is 17.1. The van der Waals surface area contributed by atoms with Gasteiger partial charge in [-0.3, -0.25) is 9.88 Å². The molecule has 1 aromatic carbocycles. The summed E-state index contributed by atoms with van der Waals surface area (Å²) in [5.74, 6) is 0.895. The summed E-state index contributed by atoms with van der Waals surface area (Å²) in [7, 11) is 1.69. The molecule has 0 amide bonds. The van der Waals surface area contributed by atoms with Crippen LogP contribution in [0.25, 0.3) is 0 Å². The van der Waals surface area contributed by atoms with Crippen LogP contribution in [0.4, 0.5) is 0 Å². The number of oxime groups is 1. The Bertz CT molecular complexity index is 745. The average molecular weight is 337 g/mol. The van der Waals surface area contributed by atoms with Crippen LogP contribution in [0.2, 0.25) is 0 Å². The van der Waals surface area contributed by atoms with Crippen LogP contribution in [0.1, 0.15) is 30.5 Å². The SMILES string of the molecule is COc1ccc(CN2CCCC3(CC(c4ccccn4)=NO3)C2)cc1. The first-order valence-corrected chi connectivity index (χ1v) is 8.78. The van der Waals surface area contributed by atoms with E-state index in [9.17, 15) is 0 Å². The molecule has 5 heteroatoms. The maximum atomic E-state index is 5.94. The Morgan fingerprint density at radius 3 is 2.84 bits per heavy atom. The van der Waals surface area contributed by atoms with Gasteiger partial charge in [-0.2, -0.15) is 0 Å². The average Bonchev–Trinajstić information content (AvgIpc) is 3.06. The van der Waals surface area contributed by atoms with Crippen LogP contribution in [0.15, 0.2) is 53.8 Å². The fraction of sp³-hybridized carbons (Fsp3) is 0.400. The summed E-state index contributed by atoms with van der Waals surface area (Å²) in [6.45, 7) is 2.92. The molecule has 25 heavy (non-hydrogen) atoms. The molecule has 1 atom stereocenters. The van der Waals surface area contributed by atoms with E-state index in [1.165, 1.54) is 5.56 Å². The molecule has 4 rings (SSSR count). The van der Waals surface area contributed by atoms with Crippen LogP contribution < -0.4 is 4.74 Å². The number of pyridine rings is 1. The molecule has 2 aliphatic heterocycles. The van der Waals surface area contributed by atoms with E-state index in [1.54, 1.807) is 13.3 Å². The second kappa shape index (κ2) is 6.84. The van der Waals surface area contributed by atoms with Crippen LogP contribution in [0.5, 0.6) is 5.75 Å². The van der Waals surface area contributed by atoms with E-state index < -0.39 is 0 Å². The van der Waals surface area contributed by atoms with E-state index in [1.807, 2.05) is 30.3 Å². The molecule has 1 aromatic heterocycles. The van der Waals surface area contributed by atoms with Gasteiger partial charge in [0.05, 0.1) is 12.8 Å². The number of benzene rings is 1. The quantitative estimate of drug-likeness (QED) is 0.859. The number of piperidine rings is 1.